The average Bonchev–Trinajstić information content (AvgIpc) is 3.06. The summed E-state index contributed by atoms with van der Waals surface area (Å²) in [6.07, 6.45) is 3.11. The molecule has 3 rings (SSSR count). The van der Waals surface area contributed by atoms with Crippen molar-refractivity contribution in [3.63, 3.8) is 0 Å². The first-order chi connectivity index (χ1) is 10.1. The predicted molar refractivity (Wildman–Crippen MR) is 86.6 cm³/mol. The first-order valence-electron chi connectivity index (χ1n) is 7.71. The zero-order chi connectivity index (χ0) is 15.0. The molecule has 3 heterocycles. The molecule has 1 atom stereocenters. The van der Waals surface area contributed by atoms with Crippen LogP contribution in [0.2, 0.25) is 0 Å². The lowest BCUT2D eigenvalue weighted by Crippen LogP contribution is -2.28. The van der Waals surface area contributed by atoms with Crippen molar-refractivity contribution in [2.75, 3.05) is 13.1 Å². The number of halogens is 1. The van der Waals surface area contributed by atoms with Crippen molar-refractivity contribution in [1.82, 2.24) is 19.4 Å². The van der Waals surface area contributed by atoms with Gasteiger partial charge in [0.05, 0.1) is 5.88 Å². The molecular formula is C16H23ClN4. The van der Waals surface area contributed by atoms with Crippen LogP contribution in [0.15, 0.2) is 12.3 Å². The number of likely N-dealkylation sites (tertiary alicyclic amines) is 1. The predicted octanol–water partition coefficient (Wildman–Crippen LogP) is 3.21. The Balaban J connectivity index is 1.88. The van der Waals surface area contributed by atoms with Crippen LogP contribution in [0, 0.1) is 12.8 Å². The lowest BCUT2D eigenvalue weighted by atomic mass is 10.1. The van der Waals surface area contributed by atoms with Gasteiger partial charge in [0.2, 0.25) is 0 Å². The van der Waals surface area contributed by atoms with Gasteiger partial charge in [0, 0.05) is 25.3 Å². The molecule has 114 valence electrons. The fourth-order valence-corrected chi connectivity index (χ4v) is 3.42. The summed E-state index contributed by atoms with van der Waals surface area (Å²) in [6.45, 7) is 9.93. The van der Waals surface area contributed by atoms with Gasteiger partial charge in [-0.3, -0.25) is 0 Å². The van der Waals surface area contributed by atoms with E-state index in [0.717, 1.165) is 30.1 Å². The number of imidazole rings is 1. The summed E-state index contributed by atoms with van der Waals surface area (Å²) in [7, 11) is 0. The molecule has 1 aliphatic heterocycles. The molecule has 0 spiro atoms. The van der Waals surface area contributed by atoms with Gasteiger partial charge in [-0.05, 0) is 51.3 Å². The van der Waals surface area contributed by atoms with Crippen LogP contribution in [0.25, 0.3) is 11.2 Å². The van der Waals surface area contributed by atoms with Crippen molar-refractivity contribution >= 4 is 22.8 Å². The molecule has 0 radical (unpaired) electrons. The molecule has 0 saturated carbocycles. The summed E-state index contributed by atoms with van der Waals surface area (Å²) < 4.78 is 2.23. The van der Waals surface area contributed by atoms with Crippen molar-refractivity contribution in [1.29, 1.82) is 0 Å². The Bertz CT molecular complexity index is 634. The molecule has 1 fully saturated rings. The third-order valence-corrected chi connectivity index (χ3v) is 4.76. The van der Waals surface area contributed by atoms with E-state index in [4.69, 9.17) is 11.6 Å². The second-order valence-electron chi connectivity index (χ2n) is 6.32. The van der Waals surface area contributed by atoms with Crippen molar-refractivity contribution in [3.05, 3.63) is 23.7 Å². The van der Waals surface area contributed by atoms with Crippen LogP contribution < -0.4 is 0 Å². The molecule has 0 bridgehead atoms. The van der Waals surface area contributed by atoms with Crippen molar-refractivity contribution in [2.24, 2.45) is 5.92 Å². The van der Waals surface area contributed by atoms with E-state index in [2.05, 4.69) is 40.2 Å². The molecule has 1 aliphatic rings. The Morgan fingerprint density at radius 3 is 2.90 bits per heavy atom. The fourth-order valence-electron chi connectivity index (χ4n) is 3.22. The standard InChI is InChI=1S/C16H23ClN4/c1-11(2)20-7-5-13(9-20)10-21-14(8-17)19-15-12(3)4-6-18-16(15)21/h4,6,11,13H,5,7-10H2,1-3H3. The largest absolute Gasteiger partial charge is 0.311 e. The molecule has 1 unspecified atom stereocenters. The molecule has 21 heavy (non-hydrogen) atoms. The highest BCUT2D eigenvalue weighted by Gasteiger charge is 2.26. The van der Waals surface area contributed by atoms with Crippen molar-refractivity contribution < 1.29 is 0 Å². The highest BCUT2D eigenvalue weighted by atomic mass is 35.5. The second-order valence-corrected chi connectivity index (χ2v) is 6.58. The van der Waals surface area contributed by atoms with Crippen molar-refractivity contribution in [3.8, 4) is 0 Å². The minimum Gasteiger partial charge on any atom is -0.311 e. The highest BCUT2D eigenvalue weighted by molar-refractivity contribution is 6.16. The smallest absolute Gasteiger partial charge is 0.160 e. The Hall–Kier alpha value is -1.13. The Kier molecular flexibility index (Phi) is 4.18. The summed E-state index contributed by atoms with van der Waals surface area (Å²) in [5, 5.41) is 0. The van der Waals surface area contributed by atoms with Gasteiger partial charge < -0.3 is 9.47 Å². The molecule has 1 saturated heterocycles. The molecule has 0 aromatic carbocycles. The van der Waals surface area contributed by atoms with Crippen LogP contribution in [0.5, 0.6) is 0 Å². The SMILES string of the molecule is Cc1ccnc2c1nc(CCl)n2CC1CCN(C(C)C)C1. The van der Waals surface area contributed by atoms with E-state index < -0.39 is 0 Å². The Morgan fingerprint density at radius 1 is 1.43 bits per heavy atom. The summed E-state index contributed by atoms with van der Waals surface area (Å²) in [4.78, 5) is 11.8. The lowest BCUT2D eigenvalue weighted by Gasteiger charge is -2.20. The molecule has 2 aromatic heterocycles. The van der Waals surface area contributed by atoms with Gasteiger partial charge in [0.25, 0.3) is 0 Å². The molecule has 4 nitrogen and oxygen atoms in total. The van der Waals surface area contributed by atoms with E-state index in [9.17, 15) is 0 Å². The molecule has 0 N–H and O–H groups in total. The number of rotatable bonds is 4. The maximum Gasteiger partial charge on any atom is 0.160 e. The molecule has 0 amide bonds. The molecule has 5 heteroatoms. The van der Waals surface area contributed by atoms with E-state index >= 15 is 0 Å². The number of alkyl halides is 1. The van der Waals surface area contributed by atoms with Crippen LogP contribution in [0.4, 0.5) is 0 Å². The number of hydrogen-bond donors (Lipinski definition) is 0. The first-order valence-corrected chi connectivity index (χ1v) is 8.24. The van der Waals surface area contributed by atoms with Gasteiger partial charge in [-0.2, -0.15) is 0 Å². The van der Waals surface area contributed by atoms with Gasteiger partial charge in [-0.15, -0.1) is 11.6 Å². The minimum absolute atomic E-state index is 0.441. The average molecular weight is 307 g/mol. The summed E-state index contributed by atoms with van der Waals surface area (Å²) in [6, 6.07) is 2.63. The van der Waals surface area contributed by atoms with Crippen LogP contribution in [-0.2, 0) is 12.4 Å². The van der Waals surface area contributed by atoms with Gasteiger partial charge in [0.15, 0.2) is 5.65 Å². The van der Waals surface area contributed by atoms with Gasteiger partial charge in [-0.1, -0.05) is 0 Å². The van der Waals surface area contributed by atoms with E-state index in [1.54, 1.807) is 0 Å². The third kappa shape index (κ3) is 2.79. The van der Waals surface area contributed by atoms with Crippen LogP contribution in [0.1, 0.15) is 31.7 Å². The van der Waals surface area contributed by atoms with E-state index in [-0.39, 0.29) is 0 Å². The molecule has 0 aliphatic carbocycles. The van der Waals surface area contributed by atoms with Gasteiger partial charge in [0.1, 0.15) is 11.3 Å². The van der Waals surface area contributed by atoms with Gasteiger partial charge >= 0.3 is 0 Å². The summed E-state index contributed by atoms with van der Waals surface area (Å²) >= 11 is 6.10. The highest BCUT2D eigenvalue weighted by Crippen LogP contribution is 2.24. The monoisotopic (exact) mass is 306 g/mol. The quantitative estimate of drug-likeness (QED) is 0.813. The maximum absolute atomic E-state index is 6.10. The van der Waals surface area contributed by atoms with Crippen molar-refractivity contribution in [2.45, 2.75) is 45.7 Å². The summed E-state index contributed by atoms with van der Waals surface area (Å²) in [5.74, 6) is 2.04. The second kappa shape index (κ2) is 5.93. The lowest BCUT2D eigenvalue weighted by molar-refractivity contribution is 0.261. The Morgan fingerprint density at radius 2 is 2.24 bits per heavy atom. The zero-order valence-corrected chi connectivity index (χ0v) is 13.8. The number of aromatic nitrogens is 3. The topological polar surface area (TPSA) is 34.0 Å². The maximum atomic E-state index is 6.10. The first kappa shape index (κ1) is 14.8. The number of aryl methyl sites for hydroxylation is 1. The van der Waals surface area contributed by atoms with Crippen LogP contribution >= 0.6 is 11.6 Å². The number of pyridine rings is 1. The molecule has 2 aromatic rings. The van der Waals surface area contributed by atoms with E-state index in [1.807, 2.05) is 12.3 Å². The minimum atomic E-state index is 0.441. The van der Waals surface area contributed by atoms with Crippen LogP contribution in [-0.4, -0.2) is 38.6 Å². The molecular weight excluding hydrogens is 284 g/mol. The normalized spacial score (nSPS) is 20.0. The number of nitrogens with zero attached hydrogens (tertiary/aromatic N) is 4. The number of fused-ring (bicyclic) bond motifs is 1. The van der Waals surface area contributed by atoms with Crippen LogP contribution in [0.3, 0.4) is 0 Å². The Labute approximate surface area is 131 Å². The third-order valence-electron chi connectivity index (χ3n) is 4.52. The van der Waals surface area contributed by atoms with E-state index in [1.165, 1.54) is 18.5 Å². The van der Waals surface area contributed by atoms with E-state index in [0.29, 0.717) is 17.8 Å². The number of hydrogen-bond acceptors (Lipinski definition) is 3. The summed E-state index contributed by atoms with van der Waals surface area (Å²) in [5.41, 5.74) is 3.14. The zero-order valence-electron chi connectivity index (χ0n) is 13.0. The fraction of sp³-hybridized carbons (Fsp3) is 0.625. The van der Waals surface area contributed by atoms with Gasteiger partial charge in [-0.25, -0.2) is 9.97 Å².